The standard InChI is InChI=1S/C22H24N4O2/c1-17(27)23-12-18-8-10-21(11-9-18)22(28)25(2)14-20-13-24-26(16-20)15-19-6-4-3-5-7-19/h3-11,13,16H,12,14-15H2,1-2H3,(H,23,27). The molecule has 0 radical (unpaired) electrons. The van der Waals surface area contributed by atoms with Crippen molar-refractivity contribution in [3.8, 4) is 0 Å². The first-order chi connectivity index (χ1) is 13.5. The van der Waals surface area contributed by atoms with E-state index >= 15 is 0 Å². The van der Waals surface area contributed by atoms with Crippen LogP contribution < -0.4 is 5.32 Å². The SMILES string of the molecule is CC(=O)NCc1ccc(C(=O)N(C)Cc2cnn(Cc3ccccc3)c2)cc1. The Morgan fingerprint density at radius 3 is 2.39 bits per heavy atom. The molecular weight excluding hydrogens is 352 g/mol. The lowest BCUT2D eigenvalue weighted by molar-refractivity contribution is -0.119. The van der Waals surface area contributed by atoms with E-state index in [0.29, 0.717) is 25.2 Å². The van der Waals surface area contributed by atoms with Crippen LogP contribution in [0.25, 0.3) is 0 Å². The number of benzene rings is 2. The Morgan fingerprint density at radius 1 is 1.00 bits per heavy atom. The molecule has 28 heavy (non-hydrogen) atoms. The Hall–Kier alpha value is -3.41. The number of nitrogens with zero attached hydrogens (tertiary/aromatic N) is 3. The maximum absolute atomic E-state index is 12.7. The van der Waals surface area contributed by atoms with Crippen LogP contribution in [0, 0.1) is 0 Å². The van der Waals surface area contributed by atoms with Crippen LogP contribution in [0.1, 0.15) is 34.0 Å². The normalized spacial score (nSPS) is 10.5. The lowest BCUT2D eigenvalue weighted by Crippen LogP contribution is -2.26. The van der Waals surface area contributed by atoms with Crippen LogP contribution in [0.2, 0.25) is 0 Å². The maximum atomic E-state index is 12.7. The highest BCUT2D eigenvalue weighted by Crippen LogP contribution is 2.11. The lowest BCUT2D eigenvalue weighted by Gasteiger charge is -2.16. The van der Waals surface area contributed by atoms with E-state index in [0.717, 1.165) is 11.1 Å². The second-order valence-electron chi connectivity index (χ2n) is 6.80. The van der Waals surface area contributed by atoms with Crippen molar-refractivity contribution in [2.75, 3.05) is 7.05 Å². The van der Waals surface area contributed by atoms with Gasteiger partial charge in [-0.1, -0.05) is 42.5 Å². The van der Waals surface area contributed by atoms with Gasteiger partial charge in [-0.2, -0.15) is 5.10 Å². The summed E-state index contributed by atoms with van der Waals surface area (Å²) in [6, 6.07) is 17.4. The molecular formula is C22H24N4O2. The summed E-state index contributed by atoms with van der Waals surface area (Å²) in [6.45, 7) is 3.13. The zero-order chi connectivity index (χ0) is 19.9. The van der Waals surface area contributed by atoms with E-state index in [1.54, 1.807) is 30.3 Å². The van der Waals surface area contributed by atoms with Gasteiger partial charge in [-0.3, -0.25) is 14.3 Å². The molecule has 0 fully saturated rings. The third kappa shape index (κ3) is 5.30. The smallest absolute Gasteiger partial charge is 0.253 e. The Kier molecular flexibility index (Phi) is 6.22. The van der Waals surface area contributed by atoms with Crippen molar-refractivity contribution in [2.24, 2.45) is 0 Å². The van der Waals surface area contributed by atoms with Crippen molar-refractivity contribution >= 4 is 11.8 Å². The number of carbonyl (C=O) groups is 2. The number of amides is 2. The Morgan fingerprint density at radius 2 is 1.71 bits per heavy atom. The third-order valence-corrected chi connectivity index (χ3v) is 4.38. The number of aromatic nitrogens is 2. The molecule has 0 spiro atoms. The van der Waals surface area contributed by atoms with Gasteiger partial charge in [0.2, 0.25) is 5.91 Å². The van der Waals surface area contributed by atoms with Gasteiger partial charge in [0.15, 0.2) is 0 Å². The number of hydrogen-bond donors (Lipinski definition) is 1. The van der Waals surface area contributed by atoms with Crippen molar-refractivity contribution < 1.29 is 9.59 Å². The van der Waals surface area contributed by atoms with Crippen molar-refractivity contribution in [1.82, 2.24) is 20.0 Å². The molecule has 144 valence electrons. The van der Waals surface area contributed by atoms with Crippen molar-refractivity contribution in [2.45, 2.75) is 26.6 Å². The lowest BCUT2D eigenvalue weighted by atomic mass is 10.1. The molecule has 2 aromatic carbocycles. The largest absolute Gasteiger partial charge is 0.352 e. The minimum atomic E-state index is -0.0762. The predicted octanol–water partition coefficient (Wildman–Crippen LogP) is 2.84. The zero-order valence-electron chi connectivity index (χ0n) is 16.1. The second kappa shape index (κ2) is 8.99. The maximum Gasteiger partial charge on any atom is 0.253 e. The van der Waals surface area contributed by atoms with E-state index in [-0.39, 0.29) is 11.8 Å². The molecule has 6 heteroatoms. The summed E-state index contributed by atoms with van der Waals surface area (Å²) in [6.07, 6.45) is 3.76. The van der Waals surface area contributed by atoms with Gasteiger partial charge in [0, 0.05) is 44.4 Å². The van der Waals surface area contributed by atoms with Crippen molar-refractivity contribution in [3.05, 3.63) is 89.2 Å². The van der Waals surface area contributed by atoms with Gasteiger partial charge in [0.1, 0.15) is 0 Å². The van der Waals surface area contributed by atoms with E-state index in [1.807, 2.05) is 41.2 Å². The van der Waals surface area contributed by atoms with E-state index in [1.165, 1.54) is 12.5 Å². The second-order valence-corrected chi connectivity index (χ2v) is 6.80. The fraction of sp³-hybridized carbons (Fsp3) is 0.227. The Labute approximate surface area is 164 Å². The fourth-order valence-electron chi connectivity index (χ4n) is 2.90. The number of carbonyl (C=O) groups excluding carboxylic acids is 2. The fourth-order valence-corrected chi connectivity index (χ4v) is 2.90. The quantitative estimate of drug-likeness (QED) is 0.689. The van der Waals surface area contributed by atoms with Crippen LogP contribution in [0.4, 0.5) is 0 Å². The molecule has 0 aliphatic rings. The summed E-state index contributed by atoms with van der Waals surface area (Å²) in [5.41, 5.74) is 3.73. The first kappa shape index (κ1) is 19.4. The van der Waals surface area contributed by atoms with Crippen LogP contribution >= 0.6 is 0 Å². The van der Waals surface area contributed by atoms with Crippen LogP contribution in [0.5, 0.6) is 0 Å². The van der Waals surface area contributed by atoms with E-state index < -0.39 is 0 Å². The summed E-state index contributed by atoms with van der Waals surface area (Å²) in [4.78, 5) is 25.3. The summed E-state index contributed by atoms with van der Waals surface area (Å²) in [5.74, 6) is -0.130. The molecule has 1 aromatic heterocycles. The van der Waals surface area contributed by atoms with Gasteiger partial charge in [-0.25, -0.2) is 0 Å². The van der Waals surface area contributed by atoms with Crippen LogP contribution in [-0.2, 0) is 24.4 Å². The first-order valence-electron chi connectivity index (χ1n) is 9.15. The number of nitrogens with one attached hydrogen (secondary N) is 1. The molecule has 0 saturated heterocycles. The predicted molar refractivity (Wildman–Crippen MR) is 108 cm³/mol. The molecule has 0 unspecified atom stereocenters. The van der Waals surface area contributed by atoms with E-state index in [2.05, 4.69) is 22.5 Å². The minimum Gasteiger partial charge on any atom is -0.352 e. The molecule has 0 aliphatic heterocycles. The molecule has 3 rings (SSSR count). The summed E-state index contributed by atoms with van der Waals surface area (Å²) in [5, 5.41) is 7.13. The molecule has 3 aromatic rings. The minimum absolute atomic E-state index is 0.0538. The molecule has 6 nitrogen and oxygen atoms in total. The zero-order valence-corrected chi connectivity index (χ0v) is 16.1. The highest BCUT2D eigenvalue weighted by molar-refractivity contribution is 5.94. The molecule has 0 aliphatic carbocycles. The monoisotopic (exact) mass is 376 g/mol. The topological polar surface area (TPSA) is 67.2 Å². The summed E-state index contributed by atoms with van der Waals surface area (Å²) >= 11 is 0. The average molecular weight is 376 g/mol. The van der Waals surface area contributed by atoms with Gasteiger partial charge in [-0.05, 0) is 23.3 Å². The molecule has 1 heterocycles. The molecule has 0 bridgehead atoms. The van der Waals surface area contributed by atoms with Crippen LogP contribution in [-0.4, -0.2) is 33.5 Å². The van der Waals surface area contributed by atoms with Crippen LogP contribution in [0.15, 0.2) is 67.0 Å². The third-order valence-electron chi connectivity index (χ3n) is 4.38. The summed E-state index contributed by atoms with van der Waals surface area (Å²) < 4.78 is 1.87. The highest BCUT2D eigenvalue weighted by atomic mass is 16.2. The summed E-state index contributed by atoms with van der Waals surface area (Å²) in [7, 11) is 1.78. The Bertz CT molecular complexity index is 933. The van der Waals surface area contributed by atoms with Crippen LogP contribution in [0.3, 0.4) is 0 Å². The Balaban J connectivity index is 1.57. The van der Waals surface area contributed by atoms with Gasteiger partial charge in [0.25, 0.3) is 5.91 Å². The molecule has 1 N–H and O–H groups in total. The van der Waals surface area contributed by atoms with Gasteiger partial charge < -0.3 is 10.2 Å². The van der Waals surface area contributed by atoms with E-state index in [9.17, 15) is 9.59 Å². The van der Waals surface area contributed by atoms with Gasteiger partial charge >= 0.3 is 0 Å². The molecule has 0 saturated carbocycles. The average Bonchev–Trinajstić information content (AvgIpc) is 3.13. The number of rotatable bonds is 7. The van der Waals surface area contributed by atoms with Gasteiger partial charge in [0.05, 0.1) is 12.7 Å². The highest BCUT2D eigenvalue weighted by Gasteiger charge is 2.13. The van der Waals surface area contributed by atoms with Crippen molar-refractivity contribution in [3.63, 3.8) is 0 Å². The molecule has 2 amide bonds. The van der Waals surface area contributed by atoms with E-state index in [4.69, 9.17) is 0 Å². The first-order valence-corrected chi connectivity index (χ1v) is 9.15. The van der Waals surface area contributed by atoms with Gasteiger partial charge in [-0.15, -0.1) is 0 Å². The number of hydrogen-bond acceptors (Lipinski definition) is 3. The van der Waals surface area contributed by atoms with Crippen molar-refractivity contribution in [1.29, 1.82) is 0 Å². The molecule has 0 atom stereocenters.